The molecule has 540 valence electrons. The smallest absolute Gasteiger partial charge is 0.305 e. The summed E-state index contributed by atoms with van der Waals surface area (Å²) in [4.78, 5) is 183. The van der Waals surface area contributed by atoms with Gasteiger partial charge in [-0.2, -0.15) is 0 Å². The number of aliphatic hydroxyl groups excluding tert-OH is 1. The Morgan fingerprint density at radius 1 is 0.588 bits per heavy atom. The summed E-state index contributed by atoms with van der Waals surface area (Å²) < 4.78 is 30.7. The standard InChI is InChI=1S/C65H101N13O18S/c1-5-7-8-9-10-11-12-13-14-15-16-17-18-23-31-97(95,96)76-47(32-42-35-66-44-26-20-19-25-43(42)44)60(89)73-48-36-67-61(90)50-28-24-30-78(50)65(94)56(40(3)6-2)75-63(92)57(41(4)79)74-53(82)39-69-59(88)46(34-55(85)86)71-51(80)37-68-58(87)45(33-54(83)84)72-52(81)38-70-62(91)49-27-21-22-29-77(49)64(48)93/h19-20,25-26,35,40-41,45-50,56-57,66,76,79H,5-18,21-24,27-34,36-39H2,1-4H3,(H,67,90)(H,68,87)(H,69,88)(H,70,91)(H,71,80)(H,72,81)(H,73,89)(H,74,82)(H,75,92)(H,83,84)(H,85,86)/t40-,41+,45-,46-,47-,48-,49-,50-,56-,57-/m0/s1. The number of carboxylic acids is 2. The lowest BCUT2D eigenvalue weighted by Crippen LogP contribution is -2.63. The van der Waals surface area contributed by atoms with Crippen LogP contribution in [-0.2, 0) is 78.8 Å². The Morgan fingerprint density at radius 3 is 1.63 bits per heavy atom. The van der Waals surface area contributed by atoms with E-state index in [4.69, 9.17) is 0 Å². The van der Waals surface area contributed by atoms with Crippen LogP contribution in [0.1, 0.15) is 175 Å². The van der Waals surface area contributed by atoms with Crippen molar-refractivity contribution in [2.24, 2.45) is 5.92 Å². The number of aromatic amines is 1. The summed E-state index contributed by atoms with van der Waals surface area (Å²) in [5.74, 6) is -15.4. The van der Waals surface area contributed by atoms with Crippen molar-refractivity contribution < 1.29 is 86.1 Å². The lowest BCUT2D eigenvalue weighted by molar-refractivity contribution is -0.146. The Bertz CT molecular complexity index is 3160. The highest BCUT2D eigenvalue weighted by molar-refractivity contribution is 7.89. The maximum atomic E-state index is 15.2. The highest BCUT2D eigenvalue weighted by atomic mass is 32.2. The SMILES string of the molecule is CCCCCCCCCCCCCCCCS(=O)(=O)N[C@@H](Cc1c[nH]c2ccccc12)C(=O)N[C@H]1CNC(=O)[C@@H]2CCCN2C(=O)[C@H]([C@@H](C)CC)NC(=O)[C@H]([C@@H](C)O)NC(=O)CNC(=O)[C@H](CC(=O)O)NC(=O)CNC(=O)[C@H](CC(=O)O)NC(=O)CNC(=O)[C@@H]2CCCCN2C1=O. The monoisotopic (exact) mass is 1380 g/mol. The summed E-state index contributed by atoms with van der Waals surface area (Å²) in [5.41, 5.74) is 1.24. The van der Waals surface area contributed by atoms with Crippen molar-refractivity contribution in [2.75, 3.05) is 45.0 Å². The van der Waals surface area contributed by atoms with Crippen LogP contribution in [0, 0.1) is 5.92 Å². The predicted molar refractivity (Wildman–Crippen MR) is 354 cm³/mol. The number of fused-ring (bicyclic) bond motifs is 3. The zero-order valence-corrected chi connectivity index (χ0v) is 57.0. The van der Waals surface area contributed by atoms with Gasteiger partial charge in [-0.3, -0.25) is 62.3 Å². The molecule has 4 heterocycles. The van der Waals surface area contributed by atoms with E-state index in [-0.39, 0.29) is 50.9 Å². The number of hydrogen-bond donors (Lipinski definition) is 14. The molecular formula is C65H101N13O18S. The molecule has 32 heteroatoms. The molecule has 0 spiro atoms. The molecule has 3 aliphatic heterocycles. The molecule has 10 atom stereocenters. The quantitative estimate of drug-likeness (QED) is 0.0504. The van der Waals surface area contributed by atoms with Gasteiger partial charge in [-0.1, -0.05) is 129 Å². The summed E-state index contributed by atoms with van der Waals surface area (Å²) in [6.07, 6.45) is 13.7. The number of sulfonamides is 1. The van der Waals surface area contributed by atoms with Gasteiger partial charge in [0.15, 0.2) is 0 Å². The van der Waals surface area contributed by atoms with Gasteiger partial charge in [0, 0.05) is 36.7 Å². The first-order valence-electron chi connectivity index (χ1n) is 34.1. The number of unbranched alkanes of at least 4 members (excludes halogenated alkanes) is 13. The second-order valence-electron chi connectivity index (χ2n) is 25.4. The number of amides is 11. The van der Waals surface area contributed by atoms with E-state index >= 15 is 9.59 Å². The van der Waals surface area contributed by atoms with Crippen LogP contribution in [0.4, 0.5) is 0 Å². The number of rotatable bonds is 28. The van der Waals surface area contributed by atoms with Crippen molar-refractivity contribution in [2.45, 2.75) is 230 Å². The first-order chi connectivity index (χ1) is 46.2. The number of piperidine rings is 1. The van der Waals surface area contributed by atoms with Crippen LogP contribution in [-0.4, -0.2) is 215 Å². The predicted octanol–water partition coefficient (Wildman–Crippen LogP) is 0.130. The van der Waals surface area contributed by atoms with Crippen molar-refractivity contribution in [3.8, 4) is 0 Å². The van der Waals surface area contributed by atoms with E-state index in [0.717, 1.165) is 43.9 Å². The molecule has 31 nitrogen and oxygen atoms in total. The number of aliphatic carboxylic acids is 2. The van der Waals surface area contributed by atoms with E-state index in [1.165, 1.54) is 49.8 Å². The Morgan fingerprint density at radius 2 is 1.08 bits per heavy atom. The molecule has 14 N–H and O–H groups in total. The minimum atomic E-state index is -4.19. The average Bonchev–Trinajstić information content (AvgIpc) is 1.80. The molecule has 1 aromatic carbocycles. The zero-order chi connectivity index (χ0) is 71.2. The van der Waals surface area contributed by atoms with Gasteiger partial charge in [0.1, 0.15) is 48.3 Å². The molecule has 2 aromatic rings. The first kappa shape index (κ1) is 79.4. The van der Waals surface area contributed by atoms with Gasteiger partial charge in [-0.25, -0.2) is 13.1 Å². The summed E-state index contributed by atoms with van der Waals surface area (Å²) >= 11 is 0. The minimum absolute atomic E-state index is 0.00303. The van der Waals surface area contributed by atoms with Crippen molar-refractivity contribution in [1.82, 2.24) is 67.4 Å². The highest BCUT2D eigenvalue weighted by Crippen LogP contribution is 2.25. The normalized spacial score (nSPS) is 23.1. The molecule has 0 radical (unpaired) electrons. The number of nitrogens with zero attached hydrogens (tertiary/aromatic N) is 2. The summed E-state index contributed by atoms with van der Waals surface area (Å²) in [6, 6.07) is -5.66. The first-order valence-corrected chi connectivity index (χ1v) is 35.8. The van der Waals surface area contributed by atoms with Crippen LogP contribution in [0.15, 0.2) is 30.5 Å². The van der Waals surface area contributed by atoms with Crippen LogP contribution in [0.3, 0.4) is 0 Å². The Hall–Kier alpha value is -8.26. The third-order valence-corrected chi connectivity index (χ3v) is 19.2. The molecule has 0 aliphatic carbocycles. The van der Waals surface area contributed by atoms with E-state index < -0.39 is 186 Å². The third kappa shape index (κ3) is 26.3. The molecule has 0 unspecified atom stereocenters. The molecule has 3 aliphatic rings. The van der Waals surface area contributed by atoms with Gasteiger partial charge in [-0.05, 0) is 69.4 Å². The second-order valence-corrected chi connectivity index (χ2v) is 27.3. The third-order valence-electron chi connectivity index (χ3n) is 17.7. The van der Waals surface area contributed by atoms with Crippen LogP contribution in [0.2, 0.25) is 0 Å². The van der Waals surface area contributed by atoms with Crippen LogP contribution in [0.25, 0.3) is 10.9 Å². The van der Waals surface area contributed by atoms with Crippen molar-refractivity contribution >= 4 is 97.8 Å². The number of carboxylic acid groups (broad SMARTS) is 2. The molecule has 0 saturated carbocycles. The topological polar surface area (TPSA) is 459 Å². The number of aliphatic hydroxyl groups is 1. The van der Waals surface area contributed by atoms with E-state index in [1.807, 2.05) is 0 Å². The maximum absolute atomic E-state index is 15.2. The van der Waals surface area contributed by atoms with E-state index in [2.05, 4.69) is 64.5 Å². The van der Waals surface area contributed by atoms with Crippen molar-refractivity contribution in [1.29, 1.82) is 0 Å². The molecule has 97 heavy (non-hydrogen) atoms. The minimum Gasteiger partial charge on any atom is -0.481 e. The van der Waals surface area contributed by atoms with Gasteiger partial charge in [-0.15, -0.1) is 0 Å². The van der Waals surface area contributed by atoms with Gasteiger partial charge in [0.05, 0.1) is 44.3 Å². The average molecular weight is 1380 g/mol. The molecule has 0 bridgehead atoms. The van der Waals surface area contributed by atoms with Crippen LogP contribution in [0.5, 0.6) is 0 Å². The maximum Gasteiger partial charge on any atom is 0.305 e. The van der Waals surface area contributed by atoms with Gasteiger partial charge >= 0.3 is 11.9 Å². The molecule has 3 fully saturated rings. The summed E-state index contributed by atoms with van der Waals surface area (Å²) in [7, 11) is -4.19. The number of H-pyrrole nitrogens is 1. The number of hydrogen-bond acceptors (Lipinski definition) is 16. The Labute approximate surface area is 565 Å². The number of para-hydroxylation sites is 1. The van der Waals surface area contributed by atoms with E-state index in [0.29, 0.717) is 42.1 Å². The molecular weight excluding hydrogens is 1280 g/mol. The number of carbonyl (C=O) groups is 13. The Kier molecular flexibility index (Phi) is 33.1. The fourth-order valence-corrected chi connectivity index (χ4v) is 13.4. The fourth-order valence-electron chi connectivity index (χ4n) is 12.1. The highest BCUT2D eigenvalue weighted by Gasteiger charge is 2.43. The molecule has 1 aromatic heterocycles. The number of carbonyl (C=O) groups excluding carboxylic acids is 11. The largest absolute Gasteiger partial charge is 0.481 e. The molecule has 11 amide bonds. The van der Waals surface area contributed by atoms with E-state index in [9.17, 15) is 76.5 Å². The van der Waals surface area contributed by atoms with Crippen LogP contribution < -0.4 is 52.6 Å². The van der Waals surface area contributed by atoms with Gasteiger partial charge in [0.25, 0.3) is 0 Å². The van der Waals surface area contributed by atoms with E-state index in [1.54, 1.807) is 44.3 Å². The summed E-state index contributed by atoms with van der Waals surface area (Å²) in [5, 5.41) is 51.7. The van der Waals surface area contributed by atoms with Gasteiger partial charge < -0.3 is 78.0 Å². The molecule has 3 saturated heterocycles. The summed E-state index contributed by atoms with van der Waals surface area (Å²) in [6.45, 7) is 3.08. The molecule has 5 rings (SSSR count). The lowest BCUT2D eigenvalue weighted by atomic mass is 9.96. The Balaban J connectivity index is 1.46. The number of benzene rings is 1. The zero-order valence-electron chi connectivity index (χ0n) is 56.1. The fraction of sp³-hybridized carbons (Fsp3) is 0.677. The van der Waals surface area contributed by atoms with Crippen LogP contribution >= 0.6 is 0 Å². The van der Waals surface area contributed by atoms with Crippen molar-refractivity contribution in [3.63, 3.8) is 0 Å². The van der Waals surface area contributed by atoms with Crippen molar-refractivity contribution in [3.05, 3.63) is 36.0 Å². The lowest BCUT2D eigenvalue weighted by Gasteiger charge is -2.37. The number of nitrogens with one attached hydrogen (secondary N) is 11. The second kappa shape index (κ2) is 40.5. The van der Waals surface area contributed by atoms with Gasteiger partial charge in [0.2, 0.25) is 75.0 Å². The number of aromatic nitrogens is 1.